The predicted molar refractivity (Wildman–Crippen MR) is 58.7 cm³/mol. The molecule has 6 nitrogen and oxygen atoms in total. The highest BCUT2D eigenvalue weighted by molar-refractivity contribution is 5.81. The Morgan fingerprint density at radius 2 is 2.56 bits per heavy atom. The number of aryl methyl sites for hydroxylation is 1. The number of nitrogens with one attached hydrogen (secondary N) is 3. The second-order valence-electron chi connectivity index (χ2n) is 3.98. The second kappa shape index (κ2) is 5.60. The molecule has 16 heavy (non-hydrogen) atoms. The van der Waals surface area contributed by atoms with Crippen LogP contribution in [0.25, 0.3) is 0 Å². The Morgan fingerprint density at radius 3 is 3.25 bits per heavy atom. The van der Waals surface area contributed by atoms with Gasteiger partial charge in [0.15, 0.2) is 0 Å². The third kappa shape index (κ3) is 3.03. The van der Waals surface area contributed by atoms with E-state index in [0.717, 1.165) is 38.1 Å². The predicted octanol–water partition coefficient (Wildman–Crippen LogP) is -0.395. The highest BCUT2D eigenvalue weighted by atomic mass is 16.2. The van der Waals surface area contributed by atoms with Crippen molar-refractivity contribution in [3.8, 4) is 0 Å². The van der Waals surface area contributed by atoms with Gasteiger partial charge in [-0.25, -0.2) is 4.98 Å². The topological polar surface area (TPSA) is 82.7 Å². The third-order valence-electron chi connectivity index (χ3n) is 2.73. The van der Waals surface area contributed by atoms with Gasteiger partial charge in [0.25, 0.3) is 0 Å². The molecule has 0 spiro atoms. The molecule has 1 aliphatic rings. The Bertz CT molecular complexity index is 318. The Balaban J connectivity index is 1.59. The van der Waals surface area contributed by atoms with Gasteiger partial charge in [0.2, 0.25) is 5.91 Å². The van der Waals surface area contributed by atoms with Crippen LogP contribution in [0.3, 0.4) is 0 Å². The van der Waals surface area contributed by atoms with E-state index in [0.29, 0.717) is 6.54 Å². The van der Waals surface area contributed by atoms with Crippen LogP contribution < -0.4 is 10.6 Å². The number of carbonyl (C=O) groups is 1. The summed E-state index contributed by atoms with van der Waals surface area (Å²) in [5.74, 6) is 0.989. The summed E-state index contributed by atoms with van der Waals surface area (Å²) in [7, 11) is 0. The smallest absolute Gasteiger partial charge is 0.237 e. The molecule has 1 atom stereocenters. The molecule has 0 saturated carbocycles. The molecule has 1 aliphatic heterocycles. The SMILES string of the molecule is O=C(NCCCc1ncn[nH]1)[C@H]1CCCN1. The van der Waals surface area contributed by atoms with E-state index < -0.39 is 0 Å². The van der Waals surface area contributed by atoms with E-state index in [1.165, 1.54) is 6.33 Å². The minimum absolute atomic E-state index is 0.0188. The van der Waals surface area contributed by atoms with Gasteiger partial charge in [0.1, 0.15) is 12.2 Å². The van der Waals surface area contributed by atoms with Crippen LogP contribution in [0.2, 0.25) is 0 Å². The first-order valence-corrected chi connectivity index (χ1v) is 5.71. The van der Waals surface area contributed by atoms with Crippen molar-refractivity contribution >= 4 is 5.91 Å². The first kappa shape index (κ1) is 11.1. The van der Waals surface area contributed by atoms with E-state index in [9.17, 15) is 4.79 Å². The summed E-state index contributed by atoms with van der Waals surface area (Å²) >= 11 is 0. The quantitative estimate of drug-likeness (QED) is 0.593. The molecule has 3 N–H and O–H groups in total. The molecule has 0 bridgehead atoms. The summed E-state index contributed by atoms with van der Waals surface area (Å²) in [6.45, 7) is 1.65. The summed E-state index contributed by atoms with van der Waals surface area (Å²) in [5.41, 5.74) is 0. The van der Waals surface area contributed by atoms with Crippen LogP contribution in [0.4, 0.5) is 0 Å². The van der Waals surface area contributed by atoms with E-state index >= 15 is 0 Å². The molecule has 1 aromatic heterocycles. The van der Waals surface area contributed by atoms with Gasteiger partial charge in [-0.2, -0.15) is 5.10 Å². The van der Waals surface area contributed by atoms with E-state index in [-0.39, 0.29) is 11.9 Å². The maximum Gasteiger partial charge on any atom is 0.237 e. The first-order chi connectivity index (χ1) is 7.86. The Labute approximate surface area is 94.2 Å². The largest absolute Gasteiger partial charge is 0.355 e. The average Bonchev–Trinajstić information content (AvgIpc) is 2.96. The third-order valence-corrected chi connectivity index (χ3v) is 2.73. The molecule has 1 aromatic rings. The number of hydrogen-bond donors (Lipinski definition) is 3. The van der Waals surface area contributed by atoms with Crippen LogP contribution in [0.15, 0.2) is 6.33 Å². The summed E-state index contributed by atoms with van der Waals surface area (Å²) < 4.78 is 0. The van der Waals surface area contributed by atoms with Gasteiger partial charge in [-0.1, -0.05) is 0 Å². The zero-order valence-electron chi connectivity index (χ0n) is 9.20. The number of amides is 1. The second-order valence-corrected chi connectivity index (χ2v) is 3.98. The monoisotopic (exact) mass is 223 g/mol. The van der Waals surface area contributed by atoms with Gasteiger partial charge < -0.3 is 10.6 Å². The number of H-pyrrole nitrogens is 1. The van der Waals surface area contributed by atoms with Gasteiger partial charge in [-0.05, 0) is 25.8 Å². The number of carbonyl (C=O) groups excluding carboxylic acids is 1. The van der Waals surface area contributed by atoms with Crippen LogP contribution in [0, 0.1) is 0 Å². The zero-order valence-corrected chi connectivity index (χ0v) is 9.20. The van der Waals surface area contributed by atoms with Crippen molar-refractivity contribution in [1.82, 2.24) is 25.8 Å². The Hall–Kier alpha value is -1.43. The fourth-order valence-electron chi connectivity index (χ4n) is 1.85. The van der Waals surface area contributed by atoms with Crippen LogP contribution in [-0.4, -0.2) is 40.2 Å². The minimum atomic E-state index is 0.0188. The van der Waals surface area contributed by atoms with Crippen molar-refractivity contribution < 1.29 is 4.79 Å². The lowest BCUT2D eigenvalue weighted by Crippen LogP contribution is -2.40. The molecule has 1 saturated heterocycles. The van der Waals surface area contributed by atoms with Gasteiger partial charge in [0.05, 0.1) is 6.04 Å². The molecule has 0 unspecified atom stereocenters. The van der Waals surface area contributed by atoms with Gasteiger partial charge in [0, 0.05) is 13.0 Å². The summed E-state index contributed by atoms with van der Waals surface area (Å²) in [6, 6.07) is 0.0188. The number of rotatable bonds is 5. The van der Waals surface area contributed by atoms with E-state index in [4.69, 9.17) is 0 Å². The molecule has 6 heteroatoms. The summed E-state index contributed by atoms with van der Waals surface area (Å²) in [6.07, 6.45) is 5.24. The van der Waals surface area contributed by atoms with Crippen molar-refractivity contribution in [2.24, 2.45) is 0 Å². The van der Waals surface area contributed by atoms with Gasteiger partial charge in [-0.15, -0.1) is 0 Å². The number of aromatic amines is 1. The van der Waals surface area contributed by atoms with E-state index in [1.807, 2.05) is 0 Å². The van der Waals surface area contributed by atoms with Crippen LogP contribution in [-0.2, 0) is 11.2 Å². The maximum atomic E-state index is 11.6. The summed E-state index contributed by atoms with van der Waals surface area (Å²) in [5, 5.41) is 12.7. The molecule has 88 valence electrons. The lowest BCUT2D eigenvalue weighted by molar-refractivity contribution is -0.122. The normalized spacial score (nSPS) is 19.9. The van der Waals surface area contributed by atoms with Crippen molar-refractivity contribution in [3.63, 3.8) is 0 Å². The highest BCUT2D eigenvalue weighted by Crippen LogP contribution is 2.04. The number of nitrogens with zero attached hydrogens (tertiary/aromatic N) is 2. The Kier molecular flexibility index (Phi) is 3.87. The number of aromatic nitrogens is 3. The van der Waals surface area contributed by atoms with Crippen molar-refractivity contribution in [1.29, 1.82) is 0 Å². The fraction of sp³-hybridized carbons (Fsp3) is 0.700. The molecule has 0 aliphatic carbocycles. The maximum absolute atomic E-state index is 11.6. The zero-order chi connectivity index (χ0) is 11.2. The van der Waals surface area contributed by atoms with Crippen LogP contribution >= 0.6 is 0 Å². The van der Waals surface area contributed by atoms with Gasteiger partial charge in [-0.3, -0.25) is 9.89 Å². The molecule has 2 heterocycles. The van der Waals surface area contributed by atoms with E-state index in [1.54, 1.807) is 0 Å². The molecular formula is C10H17N5O. The number of hydrogen-bond acceptors (Lipinski definition) is 4. The molecule has 1 amide bonds. The average molecular weight is 223 g/mol. The lowest BCUT2D eigenvalue weighted by Gasteiger charge is -2.10. The lowest BCUT2D eigenvalue weighted by atomic mass is 10.2. The van der Waals surface area contributed by atoms with Crippen LogP contribution in [0.5, 0.6) is 0 Å². The highest BCUT2D eigenvalue weighted by Gasteiger charge is 2.20. The fourth-order valence-corrected chi connectivity index (χ4v) is 1.85. The molecule has 0 aromatic carbocycles. The molecule has 2 rings (SSSR count). The Morgan fingerprint density at radius 1 is 1.62 bits per heavy atom. The standard InChI is InChI=1S/C10H17N5O/c16-10(8-3-1-5-11-8)12-6-2-4-9-13-7-14-15-9/h7-8,11H,1-6H2,(H,12,16)(H,13,14,15)/t8-/m1/s1. The van der Waals surface area contributed by atoms with Gasteiger partial charge >= 0.3 is 0 Å². The summed E-state index contributed by atoms with van der Waals surface area (Å²) in [4.78, 5) is 15.6. The molecule has 0 radical (unpaired) electrons. The van der Waals surface area contributed by atoms with Crippen LogP contribution in [0.1, 0.15) is 25.1 Å². The molecular weight excluding hydrogens is 206 g/mol. The van der Waals surface area contributed by atoms with E-state index in [2.05, 4.69) is 25.8 Å². The first-order valence-electron chi connectivity index (χ1n) is 5.71. The molecule has 1 fully saturated rings. The van der Waals surface area contributed by atoms with Crippen molar-refractivity contribution in [3.05, 3.63) is 12.2 Å². The van der Waals surface area contributed by atoms with Crippen molar-refractivity contribution in [2.75, 3.05) is 13.1 Å². The van der Waals surface area contributed by atoms with Crippen molar-refractivity contribution in [2.45, 2.75) is 31.7 Å². The minimum Gasteiger partial charge on any atom is -0.355 e.